The van der Waals surface area contributed by atoms with Crippen LogP contribution in [0.25, 0.3) is 0 Å². The van der Waals surface area contributed by atoms with E-state index < -0.39 is 6.10 Å². The molecule has 0 fully saturated rings. The fourth-order valence-corrected chi connectivity index (χ4v) is 2.51. The number of aromatic nitrogens is 1. The van der Waals surface area contributed by atoms with Crippen molar-refractivity contribution < 1.29 is 5.11 Å². The first-order valence-corrected chi connectivity index (χ1v) is 6.96. The van der Waals surface area contributed by atoms with Crippen LogP contribution < -0.4 is 4.90 Å². The number of thiophene rings is 1. The van der Waals surface area contributed by atoms with Crippen LogP contribution >= 0.6 is 11.3 Å². The Morgan fingerprint density at radius 1 is 1.39 bits per heavy atom. The zero-order valence-electron chi connectivity index (χ0n) is 10.7. The van der Waals surface area contributed by atoms with E-state index in [0.29, 0.717) is 6.42 Å². The summed E-state index contributed by atoms with van der Waals surface area (Å²) < 4.78 is 0. The highest BCUT2D eigenvalue weighted by Crippen LogP contribution is 2.20. The molecular formula is C14H18N2OS. The normalized spacial score (nSPS) is 12.4. The highest BCUT2D eigenvalue weighted by Gasteiger charge is 2.08. The van der Waals surface area contributed by atoms with Crippen LogP contribution in [-0.2, 0) is 6.54 Å². The maximum Gasteiger partial charge on any atom is 0.0957 e. The third-order valence-corrected chi connectivity index (χ3v) is 3.77. The van der Waals surface area contributed by atoms with Gasteiger partial charge in [-0.1, -0.05) is 13.0 Å². The zero-order valence-corrected chi connectivity index (χ0v) is 11.5. The van der Waals surface area contributed by atoms with E-state index in [1.54, 1.807) is 11.3 Å². The lowest BCUT2D eigenvalue weighted by molar-refractivity contribution is 0.169. The van der Waals surface area contributed by atoms with Crippen molar-refractivity contribution in [2.45, 2.75) is 26.0 Å². The van der Waals surface area contributed by atoms with Gasteiger partial charge >= 0.3 is 0 Å². The van der Waals surface area contributed by atoms with Crippen LogP contribution in [0, 0.1) is 0 Å². The van der Waals surface area contributed by atoms with E-state index in [9.17, 15) is 5.11 Å². The molecule has 0 aliphatic heterocycles. The van der Waals surface area contributed by atoms with Crippen LogP contribution in [-0.4, -0.2) is 17.1 Å². The molecule has 3 nitrogen and oxygen atoms in total. The summed E-state index contributed by atoms with van der Waals surface area (Å²) >= 11 is 1.76. The van der Waals surface area contributed by atoms with E-state index >= 15 is 0 Å². The maximum atomic E-state index is 9.69. The average Bonchev–Trinajstić information content (AvgIpc) is 2.91. The van der Waals surface area contributed by atoms with E-state index in [2.05, 4.69) is 27.4 Å². The molecule has 2 heterocycles. The highest BCUT2D eigenvalue weighted by atomic mass is 32.1. The van der Waals surface area contributed by atoms with Gasteiger partial charge in [-0.05, 0) is 30.0 Å². The van der Waals surface area contributed by atoms with Crippen LogP contribution in [0.3, 0.4) is 0 Å². The van der Waals surface area contributed by atoms with Crippen molar-refractivity contribution in [3.63, 3.8) is 0 Å². The minimum atomic E-state index is -0.457. The van der Waals surface area contributed by atoms with E-state index in [1.807, 2.05) is 32.3 Å². The van der Waals surface area contributed by atoms with E-state index in [1.165, 1.54) is 4.88 Å². The molecule has 0 amide bonds. The fourth-order valence-electron chi connectivity index (χ4n) is 1.76. The third-order valence-electron chi connectivity index (χ3n) is 2.91. The van der Waals surface area contributed by atoms with Gasteiger partial charge in [-0.15, -0.1) is 11.3 Å². The second-order valence-electron chi connectivity index (χ2n) is 4.30. The second kappa shape index (κ2) is 5.98. The number of hydrogen-bond acceptors (Lipinski definition) is 4. The molecule has 0 aromatic carbocycles. The smallest absolute Gasteiger partial charge is 0.0957 e. The van der Waals surface area contributed by atoms with Gasteiger partial charge in [0, 0.05) is 11.9 Å². The Labute approximate surface area is 112 Å². The molecule has 2 aromatic heterocycles. The standard InChI is InChI=1S/C14H18N2OS/c1-3-14(17)13-7-6-11(9-15-13)16(2)10-12-5-4-8-18-12/h4-9,14,17H,3,10H2,1-2H3. The van der Waals surface area contributed by atoms with Crippen LogP contribution in [0.2, 0.25) is 0 Å². The Bertz CT molecular complexity index is 467. The number of pyridine rings is 1. The molecule has 0 bridgehead atoms. The molecular weight excluding hydrogens is 244 g/mol. The number of hydrogen-bond donors (Lipinski definition) is 1. The molecule has 0 aliphatic rings. The molecule has 0 saturated carbocycles. The minimum Gasteiger partial charge on any atom is -0.387 e. The summed E-state index contributed by atoms with van der Waals surface area (Å²) in [5, 5.41) is 11.8. The van der Waals surface area contributed by atoms with Gasteiger partial charge in [0.15, 0.2) is 0 Å². The molecule has 96 valence electrons. The number of nitrogens with zero attached hydrogens (tertiary/aromatic N) is 2. The average molecular weight is 262 g/mol. The second-order valence-corrected chi connectivity index (χ2v) is 5.33. The van der Waals surface area contributed by atoms with Crippen LogP contribution in [0.1, 0.15) is 30.0 Å². The van der Waals surface area contributed by atoms with Crippen molar-refractivity contribution in [3.8, 4) is 0 Å². The van der Waals surface area contributed by atoms with Gasteiger partial charge in [-0.2, -0.15) is 0 Å². The third kappa shape index (κ3) is 3.09. The first-order valence-electron chi connectivity index (χ1n) is 6.08. The predicted octanol–water partition coefficient (Wildman–Crippen LogP) is 3.22. The predicted molar refractivity (Wildman–Crippen MR) is 75.9 cm³/mol. The zero-order chi connectivity index (χ0) is 13.0. The molecule has 18 heavy (non-hydrogen) atoms. The lowest BCUT2D eigenvalue weighted by Crippen LogP contribution is -2.16. The Hall–Kier alpha value is -1.39. The lowest BCUT2D eigenvalue weighted by Gasteiger charge is -2.18. The topological polar surface area (TPSA) is 36.4 Å². The first kappa shape index (κ1) is 13.1. The van der Waals surface area contributed by atoms with Crippen molar-refractivity contribution in [2.75, 3.05) is 11.9 Å². The Morgan fingerprint density at radius 2 is 2.22 bits per heavy atom. The molecule has 1 atom stereocenters. The van der Waals surface area contributed by atoms with Crippen LogP contribution in [0.15, 0.2) is 35.8 Å². The highest BCUT2D eigenvalue weighted by molar-refractivity contribution is 7.09. The monoisotopic (exact) mass is 262 g/mol. The molecule has 1 unspecified atom stereocenters. The Morgan fingerprint density at radius 3 is 2.78 bits per heavy atom. The van der Waals surface area contributed by atoms with Gasteiger partial charge in [0.25, 0.3) is 0 Å². The minimum absolute atomic E-state index is 0.457. The van der Waals surface area contributed by atoms with Gasteiger partial charge < -0.3 is 10.0 Å². The molecule has 1 N–H and O–H groups in total. The lowest BCUT2D eigenvalue weighted by atomic mass is 10.2. The van der Waals surface area contributed by atoms with Crippen LogP contribution in [0.4, 0.5) is 5.69 Å². The van der Waals surface area contributed by atoms with Gasteiger partial charge in [-0.25, -0.2) is 0 Å². The van der Waals surface area contributed by atoms with Gasteiger partial charge in [-0.3, -0.25) is 4.98 Å². The quantitative estimate of drug-likeness (QED) is 0.898. The van der Waals surface area contributed by atoms with E-state index in [-0.39, 0.29) is 0 Å². The van der Waals surface area contributed by atoms with Crippen molar-refractivity contribution in [1.82, 2.24) is 4.98 Å². The van der Waals surface area contributed by atoms with Crippen molar-refractivity contribution in [1.29, 1.82) is 0 Å². The SMILES string of the molecule is CCC(O)c1ccc(N(C)Cc2cccs2)cn1. The molecule has 0 saturated heterocycles. The summed E-state index contributed by atoms with van der Waals surface area (Å²) in [4.78, 5) is 7.79. The summed E-state index contributed by atoms with van der Waals surface area (Å²) in [6.45, 7) is 2.83. The van der Waals surface area contributed by atoms with E-state index in [0.717, 1.165) is 17.9 Å². The number of aliphatic hydroxyl groups excluding tert-OH is 1. The maximum absolute atomic E-state index is 9.69. The summed E-state index contributed by atoms with van der Waals surface area (Å²) in [5.74, 6) is 0. The van der Waals surface area contributed by atoms with Gasteiger partial charge in [0.2, 0.25) is 0 Å². The Balaban J connectivity index is 2.04. The van der Waals surface area contributed by atoms with E-state index in [4.69, 9.17) is 0 Å². The summed E-state index contributed by atoms with van der Waals surface area (Å²) in [5.41, 5.74) is 1.81. The molecule has 0 radical (unpaired) electrons. The van der Waals surface area contributed by atoms with Gasteiger partial charge in [0.05, 0.1) is 30.2 Å². The molecule has 2 rings (SSSR count). The van der Waals surface area contributed by atoms with Crippen molar-refractivity contribution >= 4 is 17.0 Å². The largest absolute Gasteiger partial charge is 0.387 e. The van der Waals surface area contributed by atoms with Crippen LogP contribution in [0.5, 0.6) is 0 Å². The number of rotatable bonds is 5. The number of aliphatic hydroxyl groups is 1. The van der Waals surface area contributed by atoms with Crippen molar-refractivity contribution in [2.24, 2.45) is 0 Å². The molecule has 2 aromatic rings. The summed E-state index contributed by atoms with van der Waals surface area (Å²) in [6.07, 6.45) is 2.06. The number of anilines is 1. The summed E-state index contributed by atoms with van der Waals surface area (Å²) in [6, 6.07) is 8.10. The first-order chi connectivity index (χ1) is 8.70. The molecule has 0 spiro atoms. The fraction of sp³-hybridized carbons (Fsp3) is 0.357. The van der Waals surface area contributed by atoms with Crippen molar-refractivity contribution in [3.05, 3.63) is 46.4 Å². The molecule has 4 heteroatoms. The van der Waals surface area contributed by atoms with Gasteiger partial charge in [0.1, 0.15) is 0 Å². The summed E-state index contributed by atoms with van der Waals surface area (Å²) in [7, 11) is 2.05. The molecule has 0 aliphatic carbocycles. The Kier molecular flexibility index (Phi) is 4.33.